The van der Waals surface area contributed by atoms with Crippen LogP contribution in [0, 0.1) is 6.92 Å². The first-order valence-electron chi connectivity index (χ1n) is 6.90. The maximum Gasteiger partial charge on any atom is 0.271 e. The topological polar surface area (TPSA) is 77.7 Å². The molecule has 6 heteroatoms. The molecule has 0 aromatic carbocycles. The van der Waals surface area contributed by atoms with Crippen LogP contribution in [-0.2, 0) is 4.74 Å². The van der Waals surface area contributed by atoms with Crippen LogP contribution < -0.4 is 15.4 Å². The van der Waals surface area contributed by atoms with Crippen molar-refractivity contribution in [3.8, 4) is 5.75 Å². The van der Waals surface area contributed by atoms with Crippen LogP contribution in [0.1, 0.15) is 29.4 Å². The van der Waals surface area contributed by atoms with Crippen LogP contribution in [0.5, 0.6) is 5.75 Å². The maximum atomic E-state index is 11.6. The Morgan fingerprint density at radius 1 is 1.50 bits per heavy atom. The van der Waals surface area contributed by atoms with Gasteiger partial charge >= 0.3 is 0 Å². The fourth-order valence-corrected chi connectivity index (χ4v) is 2.27. The molecule has 0 aliphatic carbocycles. The first-order chi connectivity index (χ1) is 9.65. The Morgan fingerprint density at radius 3 is 2.80 bits per heavy atom. The van der Waals surface area contributed by atoms with Gasteiger partial charge in [-0.15, -0.1) is 0 Å². The number of hydrogen-bond donors (Lipinski definition) is 1. The zero-order valence-corrected chi connectivity index (χ0v) is 12.0. The zero-order chi connectivity index (χ0) is 14.5. The van der Waals surface area contributed by atoms with Crippen LogP contribution in [-0.4, -0.2) is 43.8 Å². The lowest BCUT2D eigenvalue weighted by atomic mass is 10.1. The highest BCUT2D eigenvalue weighted by atomic mass is 16.5. The second-order valence-electron chi connectivity index (χ2n) is 4.78. The van der Waals surface area contributed by atoms with Crippen LogP contribution in [0.15, 0.2) is 6.20 Å². The molecule has 1 aromatic rings. The number of morpholine rings is 1. The molecule has 1 saturated heterocycles. The third-order valence-electron chi connectivity index (χ3n) is 3.20. The second kappa shape index (κ2) is 6.56. The summed E-state index contributed by atoms with van der Waals surface area (Å²) in [5.74, 6) is -0.0631. The van der Waals surface area contributed by atoms with E-state index in [4.69, 9.17) is 15.2 Å². The number of amides is 1. The van der Waals surface area contributed by atoms with Gasteiger partial charge in [-0.3, -0.25) is 4.79 Å². The smallest absolute Gasteiger partial charge is 0.271 e. The molecule has 1 aliphatic rings. The van der Waals surface area contributed by atoms with E-state index in [1.165, 1.54) is 0 Å². The molecule has 0 saturated carbocycles. The molecule has 2 rings (SSSR count). The van der Waals surface area contributed by atoms with Gasteiger partial charge in [-0.2, -0.15) is 0 Å². The van der Waals surface area contributed by atoms with Crippen molar-refractivity contribution in [2.75, 3.05) is 37.8 Å². The molecule has 1 fully saturated rings. The molecule has 1 aliphatic heterocycles. The minimum atomic E-state index is -0.564. The van der Waals surface area contributed by atoms with Gasteiger partial charge in [-0.25, -0.2) is 4.98 Å². The summed E-state index contributed by atoms with van der Waals surface area (Å²) in [4.78, 5) is 17.9. The number of carbonyl (C=O) groups is 1. The Hall–Kier alpha value is -1.82. The molecule has 0 spiro atoms. The fraction of sp³-hybridized carbons (Fsp3) is 0.571. The number of aromatic nitrogens is 1. The van der Waals surface area contributed by atoms with Crippen LogP contribution in [0.2, 0.25) is 0 Å². The summed E-state index contributed by atoms with van der Waals surface area (Å²) in [6, 6.07) is 0. The number of nitrogens with two attached hydrogens (primary N) is 1. The van der Waals surface area contributed by atoms with Gasteiger partial charge in [0.2, 0.25) is 0 Å². The minimum absolute atomic E-state index is 0.200. The van der Waals surface area contributed by atoms with E-state index in [0.29, 0.717) is 25.6 Å². The number of anilines is 1. The van der Waals surface area contributed by atoms with E-state index in [9.17, 15) is 4.79 Å². The summed E-state index contributed by atoms with van der Waals surface area (Å²) in [7, 11) is 0. The van der Waals surface area contributed by atoms with Gasteiger partial charge in [0.05, 0.1) is 25.5 Å². The second-order valence-corrected chi connectivity index (χ2v) is 4.78. The van der Waals surface area contributed by atoms with Crippen molar-refractivity contribution in [2.45, 2.75) is 20.3 Å². The number of aryl methyl sites for hydroxylation is 1. The summed E-state index contributed by atoms with van der Waals surface area (Å²) >= 11 is 0. The summed E-state index contributed by atoms with van der Waals surface area (Å²) in [5, 5.41) is 0. The molecule has 0 radical (unpaired) electrons. The Balaban J connectivity index is 2.44. The Bertz CT molecular complexity index is 485. The highest BCUT2D eigenvalue weighted by Crippen LogP contribution is 2.34. The summed E-state index contributed by atoms with van der Waals surface area (Å²) in [5.41, 5.74) is 7.49. The molecule has 0 bridgehead atoms. The first-order valence-corrected chi connectivity index (χ1v) is 6.90. The Kier molecular flexibility index (Phi) is 4.79. The van der Waals surface area contributed by atoms with E-state index in [0.717, 1.165) is 30.8 Å². The quantitative estimate of drug-likeness (QED) is 0.873. The van der Waals surface area contributed by atoms with E-state index < -0.39 is 5.91 Å². The van der Waals surface area contributed by atoms with Gasteiger partial charge in [-0.1, -0.05) is 6.92 Å². The summed E-state index contributed by atoms with van der Waals surface area (Å²) in [6.07, 6.45) is 2.53. The number of nitrogens with zero attached hydrogens (tertiary/aromatic N) is 2. The SMILES string of the molecule is CCCOc1c(C(N)=O)ncc(C)c1N1CCOCC1. The predicted octanol–water partition coefficient (Wildman–Crippen LogP) is 1.11. The van der Waals surface area contributed by atoms with Crippen LogP contribution >= 0.6 is 0 Å². The molecular weight excluding hydrogens is 258 g/mol. The van der Waals surface area contributed by atoms with Gasteiger partial charge in [0.25, 0.3) is 5.91 Å². The third kappa shape index (κ3) is 3.01. The van der Waals surface area contributed by atoms with E-state index in [2.05, 4.69) is 9.88 Å². The average molecular weight is 279 g/mol. The summed E-state index contributed by atoms with van der Waals surface area (Å²) < 4.78 is 11.1. The molecule has 110 valence electrons. The lowest BCUT2D eigenvalue weighted by Gasteiger charge is -2.31. The van der Waals surface area contributed by atoms with Crippen molar-refractivity contribution < 1.29 is 14.3 Å². The van der Waals surface area contributed by atoms with Crippen molar-refractivity contribution in [1.82, 2.24) is 4.98 Å². The standard InChI is InChI=1S/C14H21N3O3/c1-3-6-20-13-11(14(15)18)16-9-10(2)12(13)17-4-7-19-8-5-17/h9H,3-8H2,1-2H3,(H2,15,18). The summed E-state index contributed by atoms with van der Waals surface area (Å²) in [6.45, 7) is 7.38. The highest BCUT2D eigenvalue weighted by Gasteiger charge is 2.23. The molecular formula is C14H21N3O3. The molecule has 6 nitrogen and oxygen atoms in total. The lowest BCUT2D eigenvalue weighted by Crippen LogP contribution is -2.37. The van der Waals surface area contributed by atoms with Crippen molar-refractivity contribution in [1.29, 1.82) is 0 Å². The predicted molar refractivity (Wildman–Crippen MR) is 76.3 cm³/mol. The fourth-order valence-electron chi connectivity index (χ4n) is 2.27. The molecule has 20 heavy (non-hydrogen) atoms. The molecule has 1 aromatic heterocycles. The molecule has 2 N–H and O–H groups in total. The monoisotopic (exact) mass is 279 g/mol. The molecule has 2 heterocycles. The normalized spacial score (nSPS) is 15.2. The highest BCUT2D eigenvalue weighted by molar-refractivity contribution is 5.96. The Morgan fingerprint density at radius 2 is 2.20 bits per heavy atom. The largest absolute Gasteiger partial charge is 0.489 e. The van der Waals surface area contributed by atoms with Crippen molar-refractivity contribution in [3.05, 3.63) is 17.5 Å². The van der Waals surface area contributed by atoms with Gasteiger partial charge in [0, 0.05) is 19.3 Å². The maximum absolute atomic E-state index is 11.6. The third-order valence-corrected chi connectivity index (χ3v) is 3.20. The first kappa shape index (κ1) is 14.6. The van der Waals surface area contributed by atoms with Gasteiger partial charge in [0.15, 0.2) is 11.4 Å². The van der Waals surface area contributed by atoms with Gasteiger partial charge < -0.3 is 20.1 Å². The van der Waals surface area contributed by atoms with E-state index in [1.807, 2.05) is 13.8 Å². The average Bonchev–Trinajstić information content (AvgIpc) is 2.45. The van der Waals surface area contributed by atoms with E-state index in [1.54, 1.807) is 6.20 Å². The number of hydrogen-bond acceptors (Lipinski definition) is 5. The van der Waals surface area contributed by atoms with Gasteiger partial charge in [0.1, 0.15) is 0 Å². The molecule has 0 atom stereocenters. The molecule has 0 unspecified atom stereocenters. The molecule has 1 amide bonds. The van der Waals surface area contributed by atoms with E-state index in [-0.39, 0.29) is 5.69 Å². The zero-order valence-electron chi connectivity index (χ0n) is 12.0. The van der Waals surface area contributed by atoms with Crippen LogP contribution in [0.3, 0.4) is 0 Å². The number of pyridine rings is 1. The number of ether oxygens (including phenoxy) is 2. The minimum Gasteiger partial charge on any atom is -0.489 e. The van der Waals surface area contributed by atoms with Crippen LogP contribution in [0.25, 0.3) is 0 Å². The Labute approximate surface area is 118 Å². The van der Waals surface area contributed by atoms with Crippen molar-refractivity contribution in [2.24, 2.45) is 5.73 Å². The number of primary amides is 1. The van der Waals surface area contributed by atoms with Crippen LogP contribution in [0.4, 0.5) is 5.69 Å². The number of carbonyl (C=O) groups excluding carboxylic acids is 1. The number of rotatable bonds is 5. The van der Waals surface area contributed by atoms with E-state index >= 15 is 0 Å². The van der Waals surface area contributed by atoms with Crippen molar-refractivity contribution >= 4 is 11.6 Å². The lowest BCUT2D eigenvalue weighted by molar-refractivity contribution is 0.0991. The van der Waals surface area contributed by atoms with Gasteiger partial charge in [-0.05, 0) is 18.9 Å². The van der Waals surface area contributed by atoms with Crippen molar-refractivity contribution in [3.63, 3.8) is 0 Å².